The summed E-state index contributed by atoms with van der Waals surface area (Å²) in [5.41, 5.74) is 0. The molecule has 3 saturated heterocycles. The Kier molecular flexibility index (Phi) is 8.50. The van der Waals surface area contributed by atoms with E-state index in [-0.39, 0.29) is 24.9 Å². The van der Waals surface area contributed by atoms with E-state index < -0.39 is 24.0 Å². The van der Waals surface area contributed by atoms with Gasteiger partial charge in [0, 0.05) is 44.7 Å². The number of hydrogen-bond donors (Lipinski definition) is 3. The number of carbonyl (C=O) groups excluding carboxylic acids is 1. The molecule has 0 bridgehead atoms. The smallest absolute Gasteiger partial charge is 0.262 e. The molecule has 5 aliphatic rings. The number of hydrogen-bond acceptors (Lipinski definition) is 5. The number of fused-ring (bicyclic) bond motifs is 1. The molecule has 7 atom stereocenters. The van der Waals surface area contributed by atoms with E-state index in [1.165, 1.54) is 44.9 Å². The first-order valence-corrected chi connectivity index (χ1v) is 15.3. The summed E-state index contributed by atoms with van der Waals surface area (Å²) < 4.78 is 27.7. The van der Waals surface area contributed by atoms with Gasteiger partial charge >= 0.3 is 0 Å². The van der Waals surface area contributed by atoms with Crippen molar-refractivity contribution in [3.05, 3.63) is 0 Å². The van der Waals surface area contributed by atoms with Crippen molar-refractivity contribution in [1.82, 2.24) is 20.4 Å². The normalized spacial score (nSPS) is 41.9. The summed E-state index contributed by atoms with van der Waals surface area (Å²) >= 11 is 0. The van der Waals surface area contributed by atoms with Gasteiger partial charge in [-0.15, -0.1) is 0 Å². The van der Waals surface area contributed by atoms with E-state index in [1.54, 1.807) is 0 Å². The number of rotatable bonds is 7. The molecule has 5 rings (SSSR count). The fourth-order valence-corrected chi connectivity index (χ4v) is 8.59. The molecule has 7 unspecified atom stereocenters. The molecule has 2 saturated carbocycles. The molecular weight excluding hydrogens is 474 g/mol. The largest absolute Gasteiger partial charge is 0.391 e. The lowest BCUT2D eigenvalue weighted by Crippen LogP contribution is -2.65. The second-order valence-electron chi connectivity index (χ2n) is 13.0. The SMILES string of the molecule is CCCC1NC(C2CCC(C3CCC3)CC2)N2CCN(C(=O)C3CNC(C(C)(F)F)C(O)C3)C(CC)C12. The molecule has 3 N–H and O–H groups in total. The van der Waals surface area contributed by atoms with E-state index in [9.17, 15) is 18.7 Å². The van der Waals surface area contributed by atoms with Crippen LogP contribution >= 0.6 is 0 Å². The van der Waals surface area contributed by atoms with E-state index in [2.05, 4.69) is 29.4 Å². The number of nitrogens with zero attached hydrogens (tertiary/aromatic N) is 2. The van der Waals surface area contributed by atoms with Gasteiger partial charge in [0.2, 0.25) is 5.91 Å². The number of carbonyl (C=O) groups is 1. The Bertz CT molecular complexity index is 782. The second kappa shape index (κ2) is 11.3. The molecule has 8 heteroatoms. The molecule has 2 aliphatic carbocycles. The third-order valence-corrected chi connectivity index (χ3v) is 10.7. The van der Waals surface area contributed by atoms with Gasteiger partial charge in [-0.1, -0.05) is 39.5 Å². The predicted molar refractivity (Wildman–Crippen MR) is 141 cm³/mol. The minimum Gasteiger partial charge on any atom is -0.391 e. The average molecular weight is 525 g/mol. The molecule has 5 fully saturated rings. The molecule has 0 aromatic rings. The Hall–Kier alpha value is -0.830. The van der Waals surface area contributed by atoms with Crippen molar-refractivity contribution in [3.8, 4) is 0 Å². The number of aliphatic hydroxyl groups excluding tert-OH is 1. The fraction of sp³-hybridized carbons (Fsp3) is 0.966. The first-order valence-electron chi connectivity index (χ1n) is 15.3. The average Bonchev–Trinajstić information content (AvgIpc) is 3.20. The molecular formula is C29H50F2N4O2. The molecule has 37 heavy (non-hydrogen) atoms. The number of aliphatic hydroxyl groups is 1. The van der Waals surface area contributed by atoms with Crippen LogP contribution in [0, 0.1) is 23.7 Å². The summed E-state index contributed by atoms with van der Waals surface area (Å²) in [5, 5.41) is 17.3. The topological polar surface area (TPSA) is 67.8 Å². The highest BCUT2D eigenvalue weighted by molar-refractivity contribution is 5.80. The minimum absolute atomic E-state index is 0.0237. The van der Waals surface area contributed by atoms with Crippen molar-refractivity contribution in [2.24, 2.45) is 23.7 Å². The van der Waals surface area contributed by atoms with Gasteiger partial charge in [-0.25, -0.2) is 8.78 Å². The first kappa shape index (κ1) is 27.7. The number of piperazine rings is 1. The molecule has 0 aromatic carbocycles. The van der Waals surface area contributed by atoms with Crippen LogP contribution in [-0.4, -0.2) is 82.8 Å². The van der Waals surface area contributed by atoms with Gasteiger partial charge < -0.3 is 15.3 Å². The second-order valence-corrected chi connectivity index (χ2v) is 13.0. The van der Waals surface area contributed by atoms with Crippen LogP contribution in [0.5, 0.6) is 0 Å². The molecule has 0 aromatic heterocycles. The molecule has 0 radical (unpaired) electrons. The first-order chi connectivity index (χ1) is 17.7. The standard InChI is InChI=1S/C29H50F2N4O2/c1-4-7-22-25-23(5-2)34(28(37)21-16-24(36)26(32-17-21)29(3,30)31)14-15-35(25)27(33-22)20-12-10-19(11-13-20)18-8-6-9-18/h18-27,32-33,36H,4-17H2,1-3H3. The summed E-state index contributed by atoms with van der Waals surface area (Å²) in [6.07, 6.45) is 12.1. The predicted octanol–water partition coefficient (Wildman–Crippen LogP) is 3.98. The van der Waals surface area contributed by atoms with Crippen LogP contribution in [0.15, 0.2) is 0 Å². The summed E-state index contributed by atoms with van der Waals surface area (Å²) in [6, 6.07) is -0.503. The van der Waals surface area contributed by atoms with E-state index in [0.29, 0.717) is 30.7 Å². The number of nitrogens with one attached hydrogen (secondary N) is 2. The zero-order valence-electron chi connectivity index (χ0n) is 23.2. The highest BCUT2D eigenvalue weighted by Crippen LogP contribution is 2.45. The van der Waals surface area contributed by atoms with Crippen LogP contribution in [0.3, 0.4) is 0 Å². The highest BCUT2D eigenvalue weighted by atomic mass is 19.3. The molecule has 1 amide bonds. The van der Waals surface area contributed by atoms with Crippen LogP contribution in [-0.2, 0) is 4.79 Å². The van der Waals surface area contributed by atoms with Crippen molar-refractivity contribution in [3.63, 3.8) is 0 Å². The summed E-state index contributed by atoms with van der Waals surface area (Å²) in [5.74, 6) is -0.825. The minimum atomic E-state index is -3.01. The van der Waals surface area contributed by atoms with Gasteiger partial charge in [-0.2, -0.15) is 0 Å². The maximum Gasteiger partial charge on any atom is 0.262 e. The lowest BCUT2D eigenvalue weighted by Gasteiger charge is -2.49. The van der Waals surface area contributed by atoms with E-state index in [1.807, 2.05) is 4.90 Å². The quantitative estimate of drug-likeness (QED) is 0.470. The molecule has 0 spiro atoms. The van der Waals surface area contributed by atoms with Gasteiger partial charge in [-0.3, -0.25) is 15.0 Å². The third kappa shape index (κ3) is 5.46. The number of alkyl halides is 2. The number of amides is 1. The zero-order valence-corrected chi connectivity index (χ0v) is 23.2. The Morgan fingerprint density at radius 1 is 1.03 bits per heavy atom. The van der Waals surface area contributed by atoms with E-state index >= 15 is 0 Å². The molecule has 6 nitrogen and oxygen atoms in total. The summed E-state index contributed by atoms with van der Waals surface area (Å²) in [7, 11) is 0. The van der Waals surface area contributed by atoms with Crippen molar-refractivity contribution in [2.45, 2.75) is 134 Å². The lowest BCUT2D eigenvalue weighted by molar-refractivity contribution is -0.148. The highest BCUT2D eigenvalue weighted by Gasteiger charge is 2.52. The van der Waals surface area contributed by atoms with Gasteiger partial charge in [-0.05, 0) is 62.7 Å². The van der Waals surface area contributed by atoms with Gasteiger partial charge in [0.05, 0.1) is 24.2 Å². The molecule has 3 aliphatic heterocycles. The Morgan fingerprint density at radius 2 is 1.70 bits per heavy atom. The Labute approximate surface area is 222 Å². The fourth-order valence-electron chi connectivity index (χ4n) is 8.59. The third-order valence-electron chi connectivity index (χ3n) is 10.7. The van der Waals surface area contributed by atoms with Gasteiger partial charge in [0.25, 0.3) is 5.92 Å². The number of halogens is 2. The van der Waals surface area contributed by atoms with Crippen LogP contribution in [0.25, 0.3) is 0 Å². The van der Waals surface area contributed by atoms with Gasteiger partial charge in [0.1, 0.15) is 0 Å². The zero-order chi connectivity index (χ0) is 26.3. The van der Waals surface area contributed by atoms with Crippen molar-refractivity contribution < 1.29 is 18.7 Å². The van der Waals surface area contributed by atoms with Crippen LogP contribution < -0.4 is 10.6 Å². The molecule has 212 valence electrons. The van der Waals surface area contributed by atoms with Crippen molar-refractivity contribution in [2.75, 3.05) is 19.6 Å². The number of piperidine rings is 1. The monoisotopic (exact) mass is 524 g/mol. The van der Waals surface area contributed by atoms with Crippen molar-refractivity contribution in [1.29, 1.82) is 0 Å². The summed E-state index contributed by atoms with van der Waals surface area (Å²) in [6.45, 7) is 7.00. The lowest BCUT2D eigenvalue weighted by atomic mass is 9.68. The summed E-state index contributed by atoms with van der Waals surface area (Å²) in [4.78, 5) is 18.5. The van der Waals surface area contributed by atoms with Gasteiger partial charge in [0.15, 0.2) is 0 Å². The van der Waals surface area contributed by atoms with Crippen molar-refractivity contribution >= 4 is 5.91 Å². The van der Waals surface area contributed by atoms with Crippen LogP contribution in [0.4, 0.5) is 8.78 Å². The maximum atomic E-state index is 13.9. The van der Waals surface area contributed by atoms with Crippen LogP contribution in [0.2, 0.25) is 0 Å². The molecule has 3 heterocycles. The Balaban J connectivity index is 1.26. The Morgan fingerprint density at radius 3 is 2.27 bits per heavy atom. The maximum absolute atomic E-state index is 13.9. The van der Waals surface area contributed by atoms with E-state index in [0.717, 1.165) is 44.6 Å². The van der Waals surface area contributed by atoms with Crippen LogP contribution in [0.1, 0.15) is 91.4 Å². The van der Waals surface area contributed by atoms with E-state index in [4.69, 9.17) is 0 Å².